The summed E-state index contributed by atoms with van der Waals surface area (Å²) in [4.78, 5) is 63.2. The number of nitrogens with two attached hydrogens (primary N) is 1. The second-order valence-corrected chi connectivity index (χ2v) is 16.2. The maximum atomic E-state index is 12.6. The number of nitrogen functional groups attached to an aromatic ring is 1. The monoisotopic (exact) mass is 734 g/mol. The predicted octanol–water partition coefficient (Wildman–Crippen LogP) is 0.581. The Bertz CT molecular complexity index is 1540. The summed E-state index contributed by atoms with van der Waals surface area (Å²) in [6.45, 7) is 7.18. The molecular weight excluding hydrogens is 693 g/mol. The van der Waals surface area contributed by atoms with E-state index in [1.54, 1.807) is 0 Å². The summed E-state index contributed by atoms with van der Waals surface area (Å²) in [5.74, 6) is -0.0931. The van der Waals surface area contributed by atoms with Crippen molar-refractivity contribution in [2.45, 2.75) is 71.7 Å². The third-order valence-corrected chi connectivity index (χ3v) is 10.6. The second-order valence-electron chi connectivity index (χ2n) is 12.0. The van der Waals surface area contributed by atoms with E-state index in [4.69, 9.17) is 19.5 Å². The molecule has 0 spiro atoms. The molecule has 0 radical (unpaired) electrons. The molecule has 0 bridgehead atoms. The zero-order valence-corrected chi connectivity index (χ0v) is 28.8. The van der Waals surface area contributed by atoms with E-state index in [1.807, 2.05) is 20.8 Å². The van der Waals surface area contributed by atoms with Gasteiger partial charge in [-0.2, -0.15) is 4.31 Å². The molecule has 0 aliphatic carbocycles. The molecule has 24 heteroatoms. The quantitative estimate of drug-likeness (QED) is 0.103. The van der Waals surface area contributed by atoms with Gasteiger partial charge >= 0.3 is 23.5 Å². The molecule has 2 aromatic heterocycles. The summed E-state index contributed by atoms with van der Waals surface area (Å²) < 4.78 is 61.9. The summed E-state index contributed by atoms with van der Waals surface area (Å²) in [6.07, 6.45) is -5.72. The minimum Gasteiger partial charge on any atom is -0.386 e. The highest BCUT2D eigenvalue weighted by atomic mass is 31.3. The lowest BCUT2D eigenvalue weighted by molar-refractivity contribution is -0.137. The molecule has 1 saturated heterocycles. The number of imidazole rings is 1. The highest BCUT2D eigenvalue weighted by Gasteiger charge is 2.50. The molecule has 3 rings (SSSR count). The molecule has 1 fully saturated rings. The number of anilines is 1. The van der Waals surface area contributed by atoms with Crippen molar-refractivity contribution in [1.29, 1.82) is 0 Å². The molecule has 0 saturated carbocycles. The molecule has 47 heavy (non-hydrogen) atoms. The van der Waals surface area contributed by atoms with Gasteiger partial charge < -0.3 is 45.6 Å². The number of carbonyl (C=O) groups is 1. The van der Waals surface area contributed by atoms with E-state index in [2.05, 4.69) is 29.1 Å². The van der Waals surface area contributed by atoms with Gasteiger partial charge in [0.1, 0.15) is 36.3 Å². The van der Waals surface area contributed by atoms with Crippen LogP contribution in [0, 0.1) is 17.3 Å². The molecule has 8 unspecified atom stereocenters. The van der Waals surface area contributed by atoms with E-state index in [0.29, 0.717) is 18.3 Å². The number of nitrogens with one attached hydrogen (secondary N) is 1. The number of carbonyl (C=O) groups excluding carboxylic acids is 1. The van der Waals surface area contributed by atoms with Crippen LogP contribution in [0.15, 0.2) is 12.7 Å². The van der Waals surface area contributed by atoms with E-state index < -0.39 is 78.6 Å². The Labute approximate surface area is 269 Å². The summed E-state index contributed by atoms with van der Waals surface area (Å²) in [6, 6.07) is 0. The number of phosphoric acid groups is 3. The smallest absolute Gasteiger partial charge is 0.386 e. The van der Waals surface area contributed by atoms with E-state index in [1.165, 1.54) is 13.8 Å². The third kappa shape index (κ3) is 10.8. The molecule has 0 aromatic carbocycles. The standard InChI is InChI=1S/C23H41N6O15P3/c1-12(2)13(3)6-7-25-21(32)18(31)23(4,5)9-41-47(38,39)44-46(36,37)40-8-14-17(43-45(33,34)35)16(30)22(42-14)29-11-28-15-19(24)26-10-27-20(15)29/h10-14,16-18,22,30-31H,6-9H2,1-5H3,(H,25,32)(H,36,37)(H,38,39)(H2,24,26,27)(H2,33,34,35). The Morgan fingerprint density at radius 2 is 1.74 bits per heavy atom. The molecule has 1 aliphatic rings. The largest absolute Gasteiger partial charge is 0.481 e. The molecule has 3 heterocycles. The lowest BCUT2D eigenvalue weighted by Crippen LogP contribution is -2.46. The topological polar surface area (TPSA) is 317 Å². The van der Waals surface area contributed by atoms with E-state index in [9.17, 15) is 48.3 Å². The lowest BCUT2D eigenvalue weighted by Gasteiger charge is -2.30. The minimum absolute atomic E-state index is 0.0221. The van der Waals surface area contributed by atoms with Crippen molar-refractivity contribution in [3.8, 4) is 0 Å². The first kappa shape index (κ1) is 39.5. The van der Waals surface area contributed by atoms with Crippen molar-refractivity contribution in [3.05, 3.63) is 12.7 Å². The highest BCUT2D eigenvalue weighted by Crippen LogP contribution is 2.61. The van der Waals surface area contributed by atoms with Gasteiger partial charge in [0.25, 0.3) is 0 Å². The van der Waals surface area contributed by atoms with Crippen molar-refractivity contribution >= 4 is 46.4 Å². The normalized spacial score (nSPS) is 24.6. The SMILES string of the molecule is CC(C)C(C)CCNC(=O)C(O)C(C)(C)COP(=O)(O)OP(=O)(O)OCC1OC(n2cnc3c(N)ncnc32)C(O)C1OP(=O)(O)O. The van der Waals surface area contributed by atoms with Gasteiger partial charge in [0.15, 0.2) is 17.7 Å². The number of aromatic nitrogens is 4. The predicted molar refractivity (Wildman–Crippen MR) is 161 cm³/mol. The first-order valence-corrected chi connectivity index (χ1v) is 18.7. The number of nitrogens with zero attached hydrogens (tertiary/aromatic N) is 4. The maximum absolute atomic E-state index is 12.6. The first-order valence-electron chi connectivity index (χ1n) is 14.2. The van der Waals surface area contributed by atoms with Gasteiger partial charge in [-0.3, -0.25) is 22.9 Å². The molecule has 9 N–H and O–H groups in total. The Kier molecular flexibility index (Phi) is 12.9. The number of ether oxygens (including phenoxy) is 1. The Balaban J connectivity index is 1.63. The molecular formula is C23H41N6O15P3. The van der Waals surface area contributed by atoms with Crippen molar-refractivity contribution in [3.63, 3.8) is 0 Å². The number of rotatable bonds is 17. The molecule has 268 valence electrons. The van der Waals surface area contributed by atoms with Crippen molar-refractivity contribution in [2.75, 3.05) is 25.5 Å². The average molecular weight is 735 g/mol. The fourth-order valence-corrected chi connectivity index (χ4v) is 7.14. The number of fused-ring (bicyclic) bond motifs is 1. The van der Waals surface area contributed by atoms with Crippen LogP contribution in [0.4, 0.5) is 5.82 Å². The van der Waals surface area contributed by atoms with Gasteiger partial charge in [0, 0.05) is 12.0 Å². The summed E-state index contributed by atoms with van der Waals surface area (Å²) in [5.41, 5.74) is 4.45. The Morgan fingerprint density at radius 1 is 1.11 bits per heavy atom. The molecule has 2 aromatic rings. The van der Waals surface area contributed by atoms with Crippen LogP contribution in [-0.4, -0.2) is 99.4 Å². The van der Waals surface area contributed by atoms with Crippen LogP contribution in [0.5, 0.6) is 0 Å². The minimum atomic E-state index is -5.49. The highest BCUT2D eigenvalue weighted by molar-refractivity contribution is 7.61. The van der Waals surface area contributed by atoms with Gasteiger partial charge in [-0.05, 0) is 18.3 Å². The van der Waals surface area contributed by atoms with Gasteiger partial charge in [-0.25, -0.2) is 28.6 Å². The van der Waals surface area contributed by atoms with Crippen molar-refractivity contribution in [2.24, 2.45) is 17.3 Å². The van der Waals surface area contributed by atoms with E-state index in [0.717, 1.165) is 17.2 Å². The van der Waals surface area contributed by atoms with Gasteiger partial charge in [0.05, 0.1) is 19.5 Å². The number of hydrogen-bond donors (Lipinski definition) is 8. The Morgan fingerprint density at radius 3 is 2.36 bits per heavy atom. The Hall–Kier alpha value is -1.93. The number of phosphoric ester groups is 3. The van der Waals surface area contributed by atoms with E-state index in [-0.39, 0.29) is 23.5 Å². The molecule has 8 atom stereocenters. The number of aliphatic hydroxyl groups excluding tert-OH is 2. The van der Waals surface area contributed by atoms with Crippen LogP contribution in [0.2, 0.25) is 0 Å². The van der Waals surface area contributed by atoms with Gasteiger partial charge in [-0.1, -0.05) is 34.6 Å². The van der Waals surface area contributed by atoms with Gasteiger partial charge in [-0.15, -0.1) is 0 Å². The molecule has 1 amide bonds. The zero-order valence-electron chi connectivity index (χ0n) is 26.1. The van der Waals surface area contributed by atoms with Crippen LogP contribution in [0.1, 0.15) is 47.3 Å². The second kappa shape index (κ2) is 15.3. The number of hydrogen-bond acceptors (Lipinski definition) is 15. The van der Waals surface area contributed by atoms with Crippen LogP contribution in [0.3, 0.4) is 0 Å². The summed E-state index contributed by atoms with van der Waals surface area (Å²) in [7, 11) is -16.2. The van der Waals surface area contributed by atoms with Crippen molar-refractivity contribution in [1.82, 2.24) is 24.8 Å². The average Bonchev–Trinajstić information content (AvgIpc) is 3.50. The zero-order chi connectivity index (χ0) is 35.5. The number of aliphatic hydroxyl groups is 2. The van der Waals surface area contributed by atoms with Crippen LogP contribution in [0.25, 0.3) is 11.2 Å². The summed E-state index contributed by atoms with van der Waals surface area (Å²) in [5, 5.41) is 23.9. The summed E-state index contributed by atoms with van der Waals surface area (Å²) >= 11 is 0. The number of amides is 1. The maximum Gasteiger partial charge on any atom is 0.481 e. The fraction of sp³-hybridized carbons (Fsp3) is 0.739. The van der Waals surface area contributed by atoms with Crippen LogP contribution in [-0.2, 0) is 41.1 Å². The third-order valence-electron chi connectivity index (χ3n) is 7.46. The van der Waals surface area contributed by atoms with E-state index >= 15 is 0 Å². The van der Waals surface area contributed by atoms with Crippen LogP contribution < -0.4 is 11.1 Å². The van der Waals surface area contributed by atoms with Crippen LogP contribution >= 0.6 is 23.5 Å². The van der Waals surface area contributed by atoms with Gasteiger partial charge in [0.2, 0.25) is 5.91 Å². The fourth-order valence-electron chi connectivity index (χ4n) is 4.31. The first-order chi connectivity index (χ1) is 21.5. The van der Waals surface area contributed by atoms with Crippen molar-refractivity contribution < 1.29 is 70.9 Å². The lowest BCUT2D eigenvalue weighted by atomic mass is 9.87. The molecule has 21 nitrogen and oxygen atoms in total. The molecule has 1 aliphatic heterocycles.